The molecule has 0 amide bonds. The zero-order chi connectivity index (χ0) is 19.9. The zero-order valence-electron chi connectivity index (χ0n) is 17.1. The summed E-state index contributed by atoms with van der Waals surface area (Å²) in [5.74, 6) is 0.904. The molecule has 1 fully saturated rings. The van der Waals surface area contributed by atoms with Gasteiger partial charge in [-0.05, 0) is 18.1 Å². The normalized spacial score (nSPS) is 15.8. The highest BCUT2D eigenvalue weighted by Gasteiger charge is 2.26. The van der Waals surface area contributed by atoms with Gasteiger partial charge in [-0.1, -0.05) is 65.8 Å². The lowest BCUT2D eigenvalue weighted by Crippen LogP contribution is -2.49. The summed E-state index contributed by atoms with van der Waals surface area (Å²) in [6.45, 7) is 9.06. The number of hydrogen-bond acceptors (Lipinski definition) is 5. The largest absolute Gasteiger partial charge is 0.360 e. The highest BCUT2D eigenvalue weighted by molar-refractivity contribution is 5.31. The van der Waals surface area contributed by atoms with E-state index in [9.17, 15) is 0 Å². The van der Waals surface area contributed by atoms with Crippen molar-refractivity contribution in [3.05, 3.63) is 89.3 Å². The van der Waals surface area contributed by atoms with E-state index in [-0.39, 0.29) is 0 Å². The van der Waals surface area contributed by atoms with E-state index < -0.39 is 0 Å². The second kappa shape index (κ2) is 9.83. The van der Waals surface area contributed by atoms with Crippen LogP contribution < -0.4 is 5.32 Å². The first-order valence-corrected chi connectivity index (χ1v) is 10.5. The number of piperazine rings is 1. The summed E-state index contributed by atoms with van der Waals surface area (Å²) in [5, 5.41) is 7.39. The van der Waals surface area contributed by atoms with Gasteiger partial charge in [-0.3, -0.25) is 9.80 Å². The Labute approximate surface area is 173 Å². The molecule has 2 heterocycles. The quantitative estimate of drug-likeness (QED) is 0.597. The Morgan fingerprint density at radius 2 is 1.55 bits per heavy atom. The summed E-state index contributed by atoms with van der Waals surface area (Å²) >= 11 is 0. The van der Waals surface area contributed by atoms with Crippen molar-refractivity contribution in [3.63, 3.8) is 0 Å². The van der Waals surface area contributed by atoms with Gasteiger partial charge in [-0.15, -0.1) is 0 Å². The van der Waals surface area contributed by atoms with Gasteiger partial charge in [0.2, 0.25) is 0 Å². The van der Waals surface area contributed by atoms with Crippen LogP contribution in [0.4, 0.5) is 0 Å². The number of aromatic nitrogens is 1. The van der Waals surface area contributed by atoms with Crippen molar-refractivity contribution in [1.29, 1.82) is 0 Å². The standard InChI is InChI=1S/C24H30N4O/c1-20-18-23(29-26-20)19-25-12-13-27-14-16-28(17-15-27)24(21-8-4-2-5-9-21)22-10-6-3-7-11-22/h2-11,18,24-25H,12-17,19H2,1H3. The van der Waals surface area contributed by atoms with Gasteiger partial charge in [0.05, 0.1) is 18.3 Å². The molecule has 1 aliphatic rings. The summed E-state index contributed by atoms with van der Waals surface area (Å²) in [5.41, 5.74) is 3.68. The fraction of sp³-hybridized carbons (Fsp3) is 0.375. The first kappa shape index (κ1) is 19.8. The summed E-state index contributed by atoms with van der Waals surface area (Å²) in [6, 6.07) is 24.1. The average Bonchev–Trinajstić information content (AvgIpc) is 3.19. The van der Waals surface area contributed by atoms with Crippen molar-refractivity contribution >= 4 is 0 Å². The van der Waals surface area contributed by atoms with Gasteiger partial charge < -0.3 is 9.84 Å². The van der Waals surface area contributed by atoms with Crippen LogP contribution in [0.2, 0.25) is 0 Å². The number of hydrogen-bond donors (Lipinski definition) is 1. The molecule has 0 saturated carbocycles. The molecule has 0 atom stereocenters. The van der Waals surface area contributed by atoms with Crippen LogP contribution in [0.15, 0.2) is 71.3 Å². The molecule has 5 heteroatoms. The minimum atomic E-state index is 0.326. The highest BCUT2D eigenvalue weighted by atomic mass is 16.5. The van der Waals surface area contributed by atoms with Crippen LogP contribution in [-0.2, 0) is 6.54 Å². The van der Waals surface area contributed by atoms with Crippen LogP contribution in [0.5, 0.6) is 0 Å². The molecule has 0 unspecified atom stereocenters. The number of rotatable bonds is 8. The van der Waals surface area contributed by atoms with E-state index in [1.165, 1.54) is 11.1 Å². The van der Waals surface area contributed by atoms with Gasteiger partial charge in [0, 0.05) is 45.3 Å². The maximum atomic E-state index is 5.25. The van der Waals surface area contributed by atoms with Crippen molar-refractivity contribution in [2.24, 2.45) is 0 Å². The molecule has 5 nitrogen and oxygen atoms in total. The van der Waals surface area contributed by atoms with Gasteiger partial charge in [0.25, 0.3) is 0 Å². The lowest BCUT2D eigenvalue weighted by atomic mass is 9.96. The molecule has 0 radical (unpaired) electrons. The third kappa shape index (κ3) is 5.32. The fourth-order valence-electron chi connectivity index (χ4n) is 4.08. The average molecular weight is 391 g/mol. The van der Waals surface area contributed by atoms with Crippen molar-refractivity contribution in [3.8, 4) is 0 Å². The van der Waals surface area contributed by atoms with Crippen LogP contribution >= 0.6 is 0 Å². The van der Waals surface area contributed by atoms with E-state index in [0.717, 1.165) is 57.3 Å². The van der Waals surface area contributed by atoms with E-state index in [2.05, 4.69) is 80.9 Å². The minimum Gasteiger partial charge on any atom is -0.360 e. The van der Waals surface area contributed by atoms with Crippen LogP contribution in [0, 0.1) is 6.92 Å². The molecule has 0 spiro atoms. The Morgan fingerprint density at radius 3 is 2.10 bits per heavy atom. The fourth-order valence-corrected chi connectivity index (χ4v) is 4.08. The molecule has 1 N–H and O–H groups in total. The molecular weight excluding hydrogens is 360 g/mol. The van der Waals surface area contributed by atoms with E-state index >= 15 is 0 Å². The molecule has 1 aliphatic heterocycles. The Hall–Kier alpha value is -2.47. The van der Waals surface area contributed by atoms with E-state index in [4.69, 9.17) is 4.52 Å². The number of aryl methyl sites for hydroxylation is 1. The van der Waals surface area contributed by atoms with Crippen LogP contribution in [0.1, 0.15) is 28.6 Å². The molecule has 1 saturated heterocycles. The number of benzene rings is 2. The van der Waals surface area contributed by atoms with Crippen molar-refractivity contribution in [2.45, 2.75) is 19.5 Å². The van der Waals surface area contributed by atoms with Gasteiger partial charge in [0.1, 0.15) is 0 Å². The van der Waals surface area contributed by atoms with Crippen molar-refractivity contribution < 1.29 is 4.52 Å². The summed E-state index contributed by atoms with van der Waals surface area (Å²) in [7, 11) is 0. The topological polar surface area (TPSA) is 44.5 Å². The molecule has 152 valence electrons. The summed E-state index contributed by atoms with van der Waals surface area (Å²) in [4.78, 5) is 5.16. The van der Waals surface area contributed by atoms with Crippen molar-refractivity contribution in [1.82, 2.24) is 20.3 Å². The number of nitrogens with one attached hydrogen (secondary N) is 1. The molecule has 1 aromatic heterocycles. The van der Waals surface area contributed by atoms with Crippen molar-refractivity contribution in [2.75, 3.05) is 39.3 Å². The Bertz CT molecular complexity index is 817. The van der Waals surface area contributed by atoms with Crippen LogP contribution in [-0.4, -0.2) is 54.2 Å². The third-order valence-corrected chi connectivity index (χ3v) is 5.58. The maximum Gasteiger partial charge on any atom is 0.150 e. The van der Waals surface area contributed by atoms with Crippen LogP contribution in [0.25, 0.3) is 0 Å². The monoisotopic (exact) mass is 390 g/mol. The molecule has 3 aromatic rings. The summed E-state index contributed by atoms with van der Waals surface area (Å²) < 4.78 is 5.25. The van der Waals surface area contributed by atoms with E-state index in [1.54, 1.807) is 0 Å². The molecular formula is C24H30N4O. The Morgan fingerprint density at radius 1 is 0.931 bits per heavy atom. The predicted molar refractivity (Wildman–Crippen MR) is 116 cm³/mol. The molecule has 0 bridgehead atoms. The lowest BCUT2D eigenvalue weighted by molar-refractivity contribution is 0.110. The Balaban J connectivity index is 1.30. The van der Waals surface area contributed by atoms with Gasteiger partial charge >= 0.3 is 0 Å². The highest BCUT2D eigenvalue weighted by Crippen LogP contribution is 2.29. The summed E-state index contributed by atoms with van der Waals surface area (Å²) in [6.07, 6.45) is 0. The Kier molecular flexibility index (Phi) is 6.72. The SMILES string of the molecule is Cc1cc(CNCCN2CCN(C(c3ccccc3)c3ccccc3)CC2)on1. The third-order valence-electron chi connectivity index (χ3n) is 5.58. The van der Waals surface area contributed by atoms with Gasteiger partial charge in [0.15, 0.2) is 5.76 Å². The first-order valence-electron chi connectivity index (χ1n) is 10.5. The van der Waals surface area contributed by atoms with E-state index in [1.807, 2.05) is 13.0 Å². The smallest absolute Gasteiger partial charge is 0.150 e. The maximum absolute atomic E-state index is 5.25. The first-order chi connectivity index (χ1) is 14.3. The van der Waals surface area contributed by atoms with Gasteiger partial charge in [-0.2, -0.15) is 0 Å². The molecule has 29 heavy (non-hydrogen) atoms. The molecule has 2 aromatic carbocycles. The second-order valence-electron chi connectivity index (χ2n) is 7.71. The zero-order valence-corrected chi connectivity index (χ0v) is 17.1. The predicted octanol–water partition coefficient (Wildman–Crippen LogP) is 3.48. The minimum absolute atomic E-state index is 0.326. The van der Waals surface area contributed by atoms with Crippen LogP contribution in [0.3, 0.4) is 0 Å². The second-order valence-corrected chi connectivity index (χ2v) is 7.71. The molecule has 4 rings (SSSR count). The number of nitrogens with zero attached hydrogens (tertiary/aromatic N) is 3. The van der Waals surface area contributed by atoms with E-state index in [0.29, 0.717) is 6.04 Å². The molecule has 0 aliphatic carbocycles. The lowest BCUT2D eigenvalue weighted by Gasteiger charge is -2.39. The van der Waals surface area contributed by atoms with Gasteiger partial charge in [-0.25, -0.2) is 0 Å².